The summed E-state index contributed by atoms with van der Waals surface area (Å²) in [5, 5.41) is 19.1. The number of carbonyl (C=O) groups excluding carboxylic acids is 1. The summed E-state index contributed by atoms with van der Waals surface area (Å²) in [6.07, 6.45) is 1.66. The zero-order valence-electron chi connectivity index (χ0n) is 18.3. The molecule has 4 N–H and O–H groups in total. The third kappa shape index (κ3) is 5.47. The Bertz CT molecular complexity index is 1540. The van der Waals surface area contributed by atoms with Crippen molar-refractivity contribution in [3.63, 3.8) is 0 Å². The minimum atomic E-state index is -3.83. The largest absolute Gasteiger partial charge is 0.497 e. The lowest BCUT2D eigenvalue weighted by atomic mass is 10.1. The molecule has 0 bridgehead atoms. The average Bonchev–Trinajstić information content (AvgIpc) is 3.26. The lowest BCUT2D eigenvalue weighted by Gasteiger charge is -2.09. The zero-order valence-corrected chi connectivity index (χ0v) is 19.2. The molecule has 178 valence electrons. The molecule has 4 aromatic rings. The Balaban J connectivity index is 1.61. The maximum absolute atomic E-state index is 12.8. The molecule has 35 heavy (non-hydrogen) atoms. The van der Waals surface area contributed by atoms with E-state index in [9.17, 15) is 18.0 Å². The van der Waals surface area contributed by atoms with Crippen molar-refractivity contribution < 1.29 is 27.9 Å². The third-order valence-corrected chi connectivity index (χ3v) is 6.36. The number of nitrogens with zero attached hydrogens (tertiary/aromatic N) is 1. The lowest BCUT2D eigenvalue weighted by molar-refractivity contribution is -0.131. The third-order valence-electron chi connectivity index (χ3n) is 4.97. The van der Waals surface area contributed by atoms with Gasteiger partial charge in [-0.3, -0.25) is 14.6 Å². The number of hydrogen-bond acceptors (Lipinski definition) is 6. The number of aromatic nitrogens is 2. The normalized spacial score (nSPS) is 11.5. The van der Waals surface area contributed by atoms with Crippen LogP contribution in [-0.2, 0) is 19.6 Å². The fourth-order valence-electron chi connectivity index (χ4n) is 3.34. The van der Waals surface area contributed by atoms with Crippen LogP contribution in [0, 0.1) is 0 Å². The predicted molar refractivity (Wildman–Crippen MR) is 131 cm³/mol. The average molecular weight is 493 g/mol. The number of aromatic amines is 1. The van der Waals surface area contributed by atoms with Crippen molar-refractivity contribution in [1.82, 2.24) is 10.2 Å². The second-order valence-electron chi connectivity index (χ2n) is 7.36. The minimum Gasteiger partial charge on any atom is -0.497 e. The summed E-state index contributed by atoms with van der Waals surface area (Å²) in [5.41, 5.74) is 2.68. The molecule has 0 aliphatic rings. The molecule has 0 unspecified atom stereocenters. The van der Waals surface area contributed by atoms with Gasteiger partial charge >= 0.3 is 5.97 Å². The van der Waals surface area contributed by atoms with Crippen molar-refractivity contribution >= 4 is 44.2 Å². The highest BCUT2D eigenvalue weighted by molar-refractivity contribution is 7.92. The maximum atomic E-state index is 12.8. The first-order valence-electron chi connectivity index (χ1n) is 10.2. The summed E-state index contributed by atoms with van der Waals surface area (Å²) in [4.78, 5) is 22.6. The first-order valence-corrected chi connectivity index (χ1v) is 11.7. The summed E-state index contributed by atoms with van der Waals surface area (Å²) in [6, 6.07) is 17.9. The summed E-state index contributed by atoms with van der Waals surface area (Å²) >= 11 is 0. The quantitative estimate of drug-likeness (QED) is 0.274. The Kier molecular flexibility index (Phi) is 6.51. The van der Waals surface area contributed by atoms with Crippen LogP contribution < -0.4 is 14.8 Å². The van der Waals surface area contributed by atoms with Gasteiger partial charge in [-0.2, -0.15) is 5.10 Å². The topological polar surface area (TPSA) is 150 Å². The van der Waals surface area contributed by atoms with Crippen molar-refractivity contribution in [1.29, 1.82) is 0 Å². The number of nitrogens with one attached hydrogen (secondary N) is 3. The highest BCUT2D eigenvalue weighted by Gasteiger charge is 2.16. The van der Waals surface area contributed by atoms with Crippen LogP contribution >= 0.6 is 0 Å². The number of amides is 1. The van der Waals surface area contributed by atoms with Crippen LogP contribution in [0.3, 0.4) is 0 Å². The second kappa shape index (κ2) is 9.69. The van der Waals surface area contributed by atoms with Gasteiger partial charge in [0.05, 0.1) is 17.5 Å². The molecule has 11 heteroatoms. The van der Waals surface area contributed by atoms with Crippen LogP contribution in [0.1, 0.15) is 0 Å². The number of carboxylic acid groups (broad SMARTS) is 1. The van der Waals surface area contributed by atoms with E-state index in [-0.39, 0.29) is 4.90 Å². The predicted octanol–water partition coefficient (Wildman–Crippen LogP) is 3.62. The van der Waals surface area contributed by atoms with Crippen molar-refractivity contribution in [3.05, 3.63) is 78.9 Å². The highest BCUT2D eigenvalue weighted by Crippen LogP contribution is 2.30. The molecule has 1 heterocycles. The Morgan fingerprint density at radius 2 is 1.77 bits per heavy atom. The van der Waals surface area contributed by atoms with Crippen LogP contribution in [0.15, 0.2) is 83.8 Å². The zero-order chi connectivity index (χ0) is 25.0. The van der Waals surface area contributed by atoms with Crippen molar-refractivity contribution in [3.8, 4) is 17.0 Å². The number of carbonyl (C=O) groups is 2. The van der Waals surface area contributed by atoms with Gasteiger partial charge in [0.15, 0.2) is 0 Å². The number of benzene rings is 3. The molecular weight excluding hydrogens is 472 g/mol. The molecule has 0 atom stereocenters. The van der Waals surface area contributed by atoms with Gasteiger partial charge in [-0.1, -0.05) is 12.1 Å². The molecule has 0 saturated carbocycles. The molecule has 0 aliphatic carbocycles. The van der Waals surface area contributed by atoms with Crippen LogP contribution in [0.2, 0.25) is 0 Å². The molecule has 3 aromatic carbocycles. The molecule has 0 aliphatic heterocycles. The molecule has 0 saturated heterocycles. The summed E-state index contributed by atoms with van der Waals surface area (Å²) in [6.45, 7) is 0. The van der Waals surface area contributed by atoms with E-state index in [1.807, 2.05) is 0 Å². The van der Waals surface area contributed by atoms with Crippen molar-refractivity contribution in [2.45, 2.75) is 4.90 Å². The van der Waals surface area contributed by atoms with E-state index < -0.39 is 21.9 Å². The van der Waals surface area contributed by atoms with Crippen molar-refractivity contribution in [2.75, 3.05) is 17.1 Å². The smallest absolute Gasteiger partial charge is 0.328 e. The molecule has 0 spiro atoms. The summed E-state index contributed by atoms with van der Waals surface area (Å²) < 4.78 is 33.3. The fourth-order valence-corrected chi connectivity index (χ4v) is 4.39. The van der Waals surface area contributed by atoms with Gasteiger partial charge in [0.25, 0.3) is 10.0 Å². The molecule has 0 radical (unpaired) electrons. The number of anilines is 2. The van der Waals surface area contributed by atoms with Crippen LogP contribution in [0.5, 0.6) is 5.75 Å². The lowest BCUT2D eigenvalue weighted by Crippen LogP contribution is -2.12. The van der Waals surface area contributed by atoms with Crippen LogP contribution in [0.4, 0.5) is 11.4 Å². The van der Waals surface area contributed by atoms with E-state index in [0.29, 0.717) is 39.3 Å². The Hall–Kier alpha value is -4.64. The standard InChI is InChI=1S/C24H20N4O6S/c1-34-18-6-8-19(9-7-18)35(32,33)28-17-5-10-21-20(14-17)24(27-26-21)15-3-2-4-16(13-15)25-22(29)11-12-23(30)31/h2-14,28H,1H3,(H,25,29)(H,26,27)(H,30,31)/b12-11-. The maximum Gasteiger partial charge on any atom is 0.328 e. The molecule has 10 nitrogen and oxygen atoms in total. The SMILES string of the molecule is COc1ccc(S(=O)(=O)Nc2ccc3[nH]nc(-c4cccc(NC(=O)/C=C\C(=O)O)c4)c3c2)cc1. The number of aliphatic carboxylic acids is 1. The number of ether oxygens (including phenoxy) is 1. The number of hydrogen-bond donors (Lipinski definition) is 4. The fraction of sp³-hybridized carbons (Fsp3) is 0.0417. The van der Waals surface area contributed by atoms with E-state index in [0.717, 1.165) is 12.2 Å². The van der Waals surface area contributed by atoms with E-state index in [2.05, 4.69) is 20.2 Å². The minimum absolute atomic E-state index is 0.0891. The number of carboxylic acids is 1. The Labute approximate surface area is 200 Å². The number of H-pyrrole nitrogens is 1. The van der Waals surface area contributed by atoms with Gasteiger partial charge in [-0.15, -0.1) is 0 Å². The molecule has 0 fully saturated rings. The molecule has 1 aromatic heterocycles. The van der Waals surface area contributed by atoms with E-state index in [1.165, 1.54) is 19.2 Å². The number of sulfonamides is 1. The monoisotopic (exact) mass is 492 g/mol. The van der Waals surface area contributed by atoms with Crippen LogP contribution in [0.25, 0.3) is 22.2 Å². The number of fused-ring (bicyclic) bond motifs is 1. The van der Waals surface area contributed by atoms with Crippen LogP contribution in [-0.4, -0.2) is 42.7 Å². The Morgan fingerprint density at radius 3 is 2.49 bits per heavy atom. The van der Waals surface area contributed by atoms with Gasteiger partial charge in [-0.25, -0.2) is 13.2 Å². The van der Waals surface area contributed by atoms with Gasteiger partial charge < -0.3 is 15.2 Å². The first-order chi connectivity index (χ1) is 16.7. The van der Waals surface area contributed by atoms with E-state index in [4.69, 9.17) is 9.84 Å². The van der Waals surface area contributed by atoms with E-state index >= 15 is 0 Å². The molecular formula is C24H20N4O6S. The van der Waals surface area contributed by atoms with Crippen molar-refractivity contribution in [2.24, 2.45) is 0 Å². The van der Waals surface area contributed by atoms with Gasteiger partial charge in [0.2, 0.25) is 5.91 Å². The highest BCUT2D eigenvalue weighted by atomic mass is 32.2. The van der Waals surface area contributed by atoms with E-state index in [1.54, 1.807) is 54.6 Å². The first kappa shape index (κ1) is 23.5. The summed E-state index contributed by atoms with van der Waals surface area (Å²) in [5.74, 6) is -1.27. The number of rotatable bonds is 8. The Morgan fingerprint density at radius 1 is 1.00 bits per heavy atom. The van der Waals surface area contributed by atoms with Gasteiger partial charge in [-0.05, 0) is 54.6 Å². The molecule has 1 amide bonds. The van der Waals surface area contributed by atoms with Gasteiger partial charge in [0.1, 0.15) is 11.4 Å². The molecule has 4 rings (SSSR count). The summed E-state index contributed by atoms with van der Waals surface area (Å²) in [7, 11) is -2.33. The number of methoxy groups -OCH3 is 1. The second-order valence-corrected chi connectivity index (χ2v) is 9.04. The van der Waals surface area contributed by atoms with Gasteiger partial charge in [0, 0.05) is 34.5 Å².